The van der Waals surface area contributed by atoms with Gasteiger partial charge >= 0.3 is 5.51 Å². The molecule has 0 aliphatic rings. The molecule has 9 heteroatoms. The molecule has 0 bridgehead atoms. The van der Waals surface area contributed by atoms with E-state index in [-0.39, 0.29) is 18.3 Å². The average Bonchev–Trinajstić information content (AvgIpc) is 1.96. The van der Waals surface area contributed by atoms with Gasteiger partial charge in [-0.15, -0.1) is 0 Å². The van der Waals surface area contributed by atoms with Crippen molar-refractivity contribution in [3.05, 3.63) is 0 Å². The van der Waals surface area contributed by atoms with E-state index in [1.807, 2.05) is 4.72 Å². The second-order valence-electron chi connectivity index (χ2n) is 2.11. The van der Waals surface area contributed by atoms with E-state index in [1.165, 1.54) is 6.07 Å². The van der Waals surface area contributed by atoms with E-state index in [0.717, 1.165) is 0 Å². The van der Waals surface area contributed by atoms with E-state index < -0.39 is 27.0 Å². The number of sulfonamides is 1. The minimum absolute atomic E-state index is 0.318. The van der Waals surface area contributed by atoms with Gasteiger partial charge in [-0.05, 0) is 11.8 Å². The Morgan fingerprint density at radius 3 is 2.43 bits per heavy atom. The summed E-state index contributed by atoms with van der Waals surface area (Å²) in [5.41, 5.74) is -4.36. The number of alkyl halides is 3. The van der Waals surface area contributed by atoms with Gasteiger partial charge in [-0.25, -0.2) is 13.1 Å². The maximum atomic E-state index is 11.6. The van der Waals surface area contributed by atoms with Crippen LogP contribution in [0.25, 0.3) is 0 Å². The summed E-state index contributed by atoms with van der Waals surface area (Å²) in [4.78, 5) is 0. The van der Waals surface area contributed by atoms with Crippen LogP contribution in [-0.2, 0) is 10.0 Å². The Morgan fingerprint density at radius 2 is 2.00 bits per heavy atom. The summed E-state index contributed by atoms with van der Waals surface area (Å²) in [6.07, 6.45) is 0. The van der Waals surface area contributed by atoms with Crippen molar-refractivity contribution >= 4 is 21.8 Å². The van der Waals surface area contributed by atoms with Crippen LogP contribution in [0.4, 0.5) is 13.2 Å². The third-order valence-corrected chi connectivity index (χ3v) is 2.83. The molecule has 14 heavy (non-hydrogen) atoms. The molecule has 0 rings (SSSR count). The van der Waals surface area contributed by atoms with Gasteiger partial charge in [0.15, 0.2) is 5.75 Å². The maximum absolute atomic E-state index is 11.6. The fourth-order valence-corrected chi connectivity index (χ4v) is 1.75. The standard InChI is InChI=1S/C5H7F3N2O2S2/c6-5(7,8)13-3-2-10-14(11,12)4-1-9/h10H,2-4H2. The van der Waals surface area contributed by atoms with Crippen LogP contribution in [0.15, 0.2) is 0 Å². The Bertz CT molecular complexity index is 306. The summed E-state index contributed by atoms with van der Waals surface area (Å²) in [5, 5.41) is 8.03. The van der Waals surface area contributed by atoms with E-state index in [1.54, 1.807) is 0 Å². The number of hydrogen-bond acceptors (Lipinski definition) is 4. The molecule has 1 N–H and O–H groups in total. The van der Waals surface area contributed by atoms with Crippen LogP contribution in [0.1, 0.15) is 0 Å². The summed E-state index contributed by atoms with van der Waals surface area (Å²) in [7, 11) is -3.74. The Balaban J connectivity index is 3.72. The van der Waals surface area contributed by atoms with Crippen molar-refractivity contribution in [1.29, 1.82) is 5.26 Å². The SMILES string of the molecule is N#CCS(=O)(=O)NCCSC(F)(F)F. The van der Waals surface area contributed by atoms with Gasteiger partial charge in [0.25, 0.3) is 0 Å². The Labute approximate surface area is 83.5 Å². The molecular formula is C5H7F3N2O2S2. The van der Waals surface area contributed by atoms with Crippen molar-refractivity contribution in [3.8, 4) is 6.07 Å². The normalized spacial score (nSPS) is 12.4. The summed E-state index contributed by atoms with van der Waals surface area (Å²) in [6, 6.07) is 1.39. The van der Waals surface area contributed by atoms with Crippen LogP contribution in [0, 0.1) is 11.3 Å². The molecule has 0 atom stereocenters. The Kier molecular flexibility index (Phi) is 5.25. The van der Waals surface area contributed by atoms with Crippen molar-refractivity contribution in [2.45, 2.75) is 5.51 Å². The predicted molar refractivity (Wildman–Crippen MR) is 45.9 cm³/mol. The fourth-order valence-electron chi connectivity index (χ4n) is 0.500. The first-order valence-corrected chi connectivity index (χ1v) is 5.95. The van der Waals surface area contributed by atoms with E-state index >= 15 is 0 Å². The minimum Gasteiger partial charge on any atom is -0.214 e. The molecule has 0 fully saturated rings. The number of nitrogens with one attached hydrogen (secondary N) is 1. The second-order valence-corrected chi connectivity index (χ2v) is 5.07. The zero-order valence-electron chi connectivity index (χ0n) is 6.84. The van der Waals surface area contributed by atoms with Crippen LogP contribution in [-0.4, -0.2) is 32.0 Å². The lowest BCUT2D eigenvalue weighted by atomic mass is 10.8. The highest BCUT2D eigenvalue weighted by Gasteiger charge is 2.27. The van der Waals surface area contributed by atoms with Crippen LogP contribution in [0.3, 0.4) is 0 Å². The zero-order valence-corrected chi connectivity index (χ0v) is 8.47. The monoisotopic (exact) mass is 248 g/mol. The maximum Gasteiger partial charge on any atom is 0.441 e. The van der Waals surface area contributed by atoms with Gasteiger partial charge in [-0.2, -0.15) is 18.4 Å². The first-order valence-electron chi connectivity index (χ1n) is 3.32. The highest BCUT2D eigenvalue weighted by atomic mass is 32.2. The Hall–Kier alpha value is -0.460. The summed E-state index contributed by atoms with van der Waals surface area (Å²) in [5.74, 6) is -1.15. The third-order valence-electron chi connectivity index (χ3n) is 0.944. The molecule has 0 aliphatic heterocycles. The molecule has 0 aromatic rings. The Morgan fingerprint density at radius 1 is 1.43 bits per heavy atom. The van der Waals surface area contributed by atoms with Gasteiger partial charge in [0.2, 0.25) is 10.0 Å². The quantitative estimate of drug-likeness (QED) is 0.726. The number of halogens is 3. The first kappa shape index (κ1) is 13.5. The largest absolute Gasteiger partial charge is 0.441 e. The van der Waals surface area contributed by atoms with Gasteiger partial charge in [-0.3, -0.25) is 0 Å². The third kappa shape index (κ3) is 8.15. The van der Waals surface area contributed by atoms with E-state index in [0.29, 0.717) is 0 Å². The highest BCUT2D eigenvalue weighted by molar-refractivity contribution is 8.00. The van der Waals surface area contributed by atoms with Crippen molar-refractivity contribution < 1.29 is 21.6 Å². The molecule has 4 nitrogen and oxygen atoms in total. The molecule has 0 radical (unpaired) electrons. The van der Waals surface area contributed by atoms with E-state index in [2.05, 4.69) is 0 Å². The van der Waals surface area contributed by atoms with Crippen LogP contribution in [0.5, 0.6) is 0 Å². The molecule has 0 amide bonds. The van der Waals surface area contributed by atoms with Gasteiger partial charge in [0.1, 0.15) is 0 Å². The number of nitrogens with zero attached hydrogens (tertiary/aromatic N) is 1. The van der Waals surface area contributed by atoms with Crippen molar-refractivity contribution in [2.75, 3.05) is 18.1 Å². The molecule has 0 saturated carbocycles. The van der Waals surface area contributed by atoms with Gasteiger partial charge in [0, 0.05) is 12.3 Å². The summed E-state index contributed by atoms with van der Waals surface area (Å²) < 4.78 is 58.0. The summed E-state index contributed by atoms with van der Waals surface area (Å²) in [6.45, 7) is -0.339. The molecule has 0 heterocycles. The fraction of sp³-hybridized carbons (Fsp3) is 0.800. The number of rotatable bonds is 5. The molecule has 0 spiro atoms. The number of thioether (sulfide) groups is 1. The minimum atomic E-state index is -4.36. The van der Waals surface area contributed by atoms with Crippen molar-refractivity contribution in [2.24, 2.45) is 0 Å². The second kappa shape index (κ2) is 5.43. The zero-order chi connectivity index (χ0) is 11.2. The number of nitriles is 1. The van der Waals surface area contributed by atoms with Gasteiger partial charge < -0.3 is 0 Å². The summed E-state index contributed by atoms with van der Waals surface area (Å²) >= 11 is -0.318. The lowest BCUT2D eigenvalue weighted by Crippen LogP contribution is -2.28. The first-order chi connectivity index (χ1) is 6.27. The van der Waals surface area contributed by atoms with E-state index in [9.17, 15) is 21.6 Å². The lowest BCUT2D eigenvalue weighted by molar-refractivity contribution is -0.0327. The molecule has 0 aromatic heterocycles. The molecule has 0 saturated heterocycles. The topological polar surface area (TPSA) is 70.0 Å². The number of hydrogen-bond donors (Lipinski definition) is 1. The van der Waals surface area contributed by atoms with Crippen LogP contribution >= 0.6 is 11.8 Å². The smallest absolute Gasteiger partial charge is 0.214 e. The lowest BCUT2D eigenvalue weighted by Gasteiger charge is -2.05. The van der Waals surface area contributed by atoms with Gasteiger partial charge in [0.05, 0.1) is 6.07 Å². The highest BCUT2D eigenvalue weighted by Crippen LogP contribution is 2.29. The molecular weight excluding hydrogens is 241 g/mol. The molecule has 82 valence electrons. The van der Waals surface area contributed by atoms with Crippen molar-refractivity contribution in [3.63, 3.8) is 0 Å². The predicted octanol–water partition coefficient (Wildman–Crippen LogP) is 0.682. The van der Waals surface area contributed by atoms with E-state index in [4.69, 9.17) is 5.26 Å². The van der Waals surface area contributed by atoms with Crippen molar-refractivity contribution in [1.82, 2.24) is 4.72 Å². The molecule has 0 unspecified atom stereocenters. The van der Waals surface area contributed by atoms with Crippen LogP contribution in [0.2, 0.25) is 0 Å². The van der Waals surface area contributed by atoms with Crippen LogP contribution < -0.4 is 4.72 Å². The average molecular weight is 248 g/mol. The molecule has 0 aliphatic carbocycles. The molecule has 0 aromatic carbocycles. The van der Waals surface area contributed by atoms with Gasteiger partial charge in [-0.1, -0.05) is 0 Å².